The molecule has 124 valence electrons. The summed E-state index contributed by atoms with van der Waals surface area (Å²) in [5.74, 6) is -0.361. The minimum absolute atomic E-state index is 0.174. The molecule has 2 heterocycles. The third-order valence-electron chi connectivity index (χ3n) is 3.67. The van der Waals surface area contributed by atoms with Crippen LogP contribution in [0.25, 0.3) is 10.2 Å². The predicted molar refractivity (Wildman–Crippen MR) is 107 cm³/mol. The van der Waals surface area contributed by atoms with Gasteiger partial charge in [-0.05, 0) is 53.3 Å². The molecule has 0 aliphatic carbocycles. The normalized spacial score (nSPS) is 11.0. The zero-order valence-electron chi connectivity index (χ0n) is 12.8. The van der Waals surface area contributed by atoms with Crippen molar-refractivity contribution in [3.05, 3.63) is 65.8 Å². The lowest BCUT2D eigenvalue weighted by molar-refractivity contribution is 0.0949. The van der Waals surface area contributed by atoms with Crippen molar-refractivity contribution in [2.24, 2.45) is 0 Å². The van der Waals surface area contributed by atoms with E-state index >= 15 is 0 Å². The van der Waals surface area contributed by atoms with Crippen LogP contribution in [0.15, 0.2) is 41.3 Å². The van der Waals surface area contributed by atoms with Crippen molar-refractivity contribution in [2.45, 2.75) is 20.0 Å². The van der Waals surface area contributed by atoms with Crippen LogP contribution in [0.1, 0.15) is 22.8 Å². The maximum Gasteiger partial charge on any atom is 0.257 e. The van der Waals surface area contributed by atoms with Gasteiger partial charge in [0.25, 0.3) is 5.91 Å². The van der Waals surface area contributed by atoms with Crippen LogP contribution in [-0.2, 0) is 13.1 Å². The number of aromatic nitrogens is 1. The average Bonchev–Trinajstić information content (AvgIpc) is 2.97. The van der Waals surface area contributed by atoms with Gasteiger partial charge in [0.1, 0.15) is 10.4 Å². The van der Waals surface area contributed by atoms with Gasteiger partial charge in [0.2, 0.25) is 5.43 Å². The second kappa shape index (κ2) is 7.25. The number of halogens is 2. The van der Waals surface area contributed by atoms with E-state index in [1.54, 1.807) is 29.7 Å². The van der Waals surface area contributed by atoms with Crippen molar-refractivity contribution in [1.82, 2.24) is 9.88 Å². The number of carbonyl (C=O) groups is 1. The summed E-state index contributed by atoms with van der Waals surface area (Å²) in [7, 11) is 0. The van der Waals surface area contributed by atoms with E-state index in [1.807, 2.05) is 29.7 Å². The Labute approximate surface area is 161 Å². The topological polar surface area (TPSA) is 51.1 Å². The van der Waals surface area contributed by atoms with E-state index in [-0.39, 0.29) is 16.9 Å². The average molecular weight is 473 g/mol. The zero-order chi connectivity index (χ0) is 17.3. The standard InChI is InChI=1S/C17H14ClIN2O2S/c1-2-21-9-13(15(22)12-7-14(19)24-17(12)21)16(23)20-8-10-3-5-11(18)6-4-10/h3-7,9H,2,8H2,1H3,(H,20,23). The van der Waals surface area contributed by atoms with Crippen LogP contribution in [0.5, 0.6) is 0 Å². The Kier molecular flexibility index (Phi) is 5.27. The fraction of sp³-hybridized carbons (Fsp3) is 0.176. The lowest BCUT2D eigenvalue weighted by atomic mass is 10.2. The number of nitrogens with zero attached hydrogens (tertiary/aromatic N) is 1. The summed E-state index contributed by atoms with van der Waals surface area (Å²) in [6, 6.07) is 9.07. The number of pyridine rings is 1. The Hall–Kier alpha value is -1.38. The molecule has 0 radical (unpaired) electrons. The molecule has 0 atom stereocenters. The Bertz CT molecular complexity index is 963. The molecule has 0 saturated heterocycles. The van der Waals surface area contributed by atoms with E-state index in [1.165, 1.54) is 0 Å². The van der Waals surface area contributed by atoms with Gasteiger partial charge in [-0.25, -0.2) is 0 Å². The van der Waals surface area contributed by atoms with Gasteiger partial charge < -0.3 is 9.88 Å². The minimum Gasteiger partial charge on any atom is -0.348 e. The van der Waals surface area contributed by atoms with Gasteiger partial charge in [-0.15, -0.1) is 11.3 Å². The Morgan fingerprint density at radius 2 is 2.04 bits per heavy atom. The van der Waals surface area contributed by atoms with Gasteiger partial charge >= 0.3 is 0 Å². The zero-order valence-corrected chi connectivity index (χ0v) is 16.5. The molecule has 0 aliphatic heterocycles. The number of nitrogens with one attached hydrogen (secondary N) is 1. The highest BCUT2D eigenvalue weighted by atomic mass is 127. The van der Waals surface area contributed by atoms with Gasteiger partial charge in [-0.2, -0.15) is 0 Å². The van der Waals surface area contributed by atoms with Gasteiger partial charge in [0.15, 0.2) is 0 Å². The molecule has 7 heteroatoms. The fourth-order valence-electron chi connectivity index (χ4n) is 2.42. The van der Waals surface area contributed by atoms with Gasteiger partial charge in [0.05, 0.1) is 8.27 Å². The Balaban J connectivity index is 1.90. The lowest BCUT2D eigenvalue weighted by Crippen LogP contribution is -2.29. The molecule has 1 aromatic carbocycles. The van der Waals surface area contributed by atoms with Crippen molar-refractivity contribution in [3.8, 4) is 0 Å². The number of rotatable bonds is 4. The van der Waals surface area contributed by atoms with E-state index in [4.69, 9.17) is 11.6 Å². The monoisotopic (exact) mass is 472 g/mol. The summed E-state index contributed by atoms with van der Waals surface area (Å²) >= 11 is 9.60. The number of amides is 1. The molecule has 0 bridgehead atoms. The summed E-state index contributed by atoms with van der Waals surface area (Å²) in [5, 5.41) is 4.05. The van der Waals surface area contributed by atoms with Crippen LogP contribution in [0.2, 0.25) is 5.02 Å². The van der Waals surface area contributed by atoms with Crippen LogP contribution in [0.4, 0.5) is 0 Å². The molecule has 4 nitrogen and oxygen atoms in total. The van der Waals surface area contributed by atoms with Crippen LogP contribution in [-0.4, -0.2) is 10.5 Å². The summed E-state index contributed by atoms with van der Waals surface area (Å²) in [6.45, 7) is 3.04. The van der Waals surface area contributed by atoms with Gasteiger partial charge in [0, 0.05) is 24.3 Å². The second-order valence-corrected chi connectivity index (χ2v) is 8.60. The number of carbonyl (C=O) groups excluding carboxylic acids is 1. The number of fused-ring (bicyclic) bond motifs is 1. The van der Waals surface area contributed by atoms with Crippen LogP contribution in [0.3, 0.4) is 0 Å². The lowest BCUT2D eigenvalue weighted by Gasteiger charge is -2.09. The molecule has 3 rings (SSSR count). The number of thiophene rings is 1. The first-order valence-electron chi connectivity index (χ1n) is 7.34. The summed E-state index contributed by atoms with van der Waals surface area (Å²) < 4.78 is 2.97. The molecule has 0 saturated carbocycles. The molecule has 3 aromatic rings. The van der Waals surface area contributed by atoms with Crippen molar-refractivity contribution < 1.29 is 4.79 Å². The van der Waals surface area contributed by atoms with Crippen molar-refractivity contribution in [3.63, 3.8) is 0 Å². The van der Waals surface area contributed by atoms with E-state index in [9.17, 15) is 9.59 Å². The SMILES string of the molecule is CCn1cc(C(=O)NCc2ccc(Cl)cc2)c(=O)c2cc(I)sc21. The molecule has 24 heavy (non-hydrogen) atoms. The minimum atomic E-state index is -0.361. The highest BCUT2D eigenvalue weighted by Crippen LogP contribution is 2.25. The highest BCUT2D eigenvalue weighted by Gasteiger charge is 2.16. The van der Waals surface area contributed by atoms with Crippen molar-refractivity contribution in [1.29, 1.82) is 0 Å². The van der Waals surface area contributed by atoms with E-state index in [0.29, 0.717) is 23.5 Å². The Morgan fingerprint density at radius 3 is 2.71 bits per heavy atom. The molecular weight excluding hydrogens is 459 g/mol. The highest BCUT2D eigenvalue weighted by molar-refractivity contribution is 14.1. The van der Waals surface area contributed by atoms with Crippen LogP contribution in [0, 0.1) is 2.88 Å². The molecular formula is C17H14ClIN2O2S. The fourth-order valence-corrected chi connectivity index (χ4v) is 4.41. The largest absolute Gasteiger partial charge is 0.348 e. The number of hydrogen-bond donors (Lipinski definition) is 1. The predicted octanol–water partition coefficient (Wildman–Crippen LogP) is 4.27. The van der Waals surface area contributed by atoms with Crippen LogP contribution >= 0.6 is 45.5 Å². The van der Waals surface area contributed by atoms with Crippen molar-refractivity contribution >= 4 is 61.7 Å². The molecule has 1 amide bonds. The molecule has 0 fully saturated rings. The van der Waals surface area contributed by atoms with Crippen LogP contribution < -0.4 is 10.7 Å². The molecule has 1 N–H and O–H groups in total. The first-order valence-corrected chi connectivity index (χ1v) is 9.62. The summed E-state index contributed by atoms with van der Waals surface area (Å²) in [5.41, 5.74) is 0.879. The van der Waals surface area contributed by atoms with E-state index < -0.39 is 0 Å². The van der Waals surface area contributed by atoms with Crippen molar-refractivity contribution in [2.75, 3.05) is 0 Å². The molecule has 0 aliphatic rings. The number of aryl methyl sites for hydroxylation is 1. The van der Waals surface area contributed by atoms with E-state index in [2.05, 4.69) is 27.9 Å². The number of benzene rings is 1. The third-order valence-corrected chi connectivity index (χ3v) is 5.85. The smallest absolute Gasteiger partial charge is 0.257 e. The van der Waals surface area contributed by atoms with E-state index in [0.717, 1.165) is 13.3 Å². The molecule has 0 unspecified atom stereocenters. The quantitative estimate of drug-likeness (QED) is 0.577. The first-order chi connectivity index (χ1) is 11.5. The summed E-state index contributed by atoms with van der Waals surface area (Å²) in [6.07, 6.45) is 1.65. The summed E-state index contributed by atoms with van der Waals surface area (Å²) in [4.78, 5) is 26.0. The van der Waals surface area contributed by atoms with Gasteiger partial charge in [-0.1, -0.05) is 23.7 Å². The molecule has 2 aromatic heterocycles. The Morgan fingerprint density at radius 1 is 1.33 bits per heavy atom. The maximum absolute atomic E-state index is 12.6. The number of hydrogen-bond acceptors (Lipinski definition) is 3. The maximum atomic E-state index is 12.6. The first kappa shape index (κ1) is 17.4. The third kappa shape index (κ3) is 3.50. The molecule has 0 spiro atoms. The van der Waals surface area contributed by atoms with Gasteiger partial charge in [-0.3, -0.25) is 9.59 Å². The second-order valence-electron chi connectivity index (χ2n) is 5.24.